The number of nitrogen functional groups attached to an aromatic ring is 1. The smallest absolute Gasteiger partial charge is 0.204 e. The number of nitrogens with zero attached hydrogens (tertiary/aromatic N) is 6. The molecule has 3 heterocycles. The van der Waals surface area contributed by atoms with Gasteiger partial charge in [0.1, 0.15) is 0 Å². The van der Waals surface area contributed by atoms with Crippen molar-refractivity contribution in [3.05, 3.63) is 39.3 Å². The third kappa shape index (κ3) is 3.06. The van der Waals surface area contributed by atoms with Gasteiger partial charge in [-0.05, 0) is 28.8 Å². The lowest BCUT2D eigenvalue weighted by atomic mass is 10.3. The molecular weight excluding hydrogens is 310 g/mol. The molecule has 8 nitrogen and oxygen atoms in total. The lowest BCUT2D eigenvalue weighted by Gasteiger charge is -2.04. The molecule has 10 heteroatoms. The molecule has 21 heavy (non-hydrogen) atoms. The molecule has 0 aromatic carbocycles. The Morgan fingerprint density at radius 1 is 1.48 bits per heavy atom. The Kier molecular flexibility index (Phi) is 3.88. The molecule has 0 saturated heterocycles. The predicted molar refractivity (Wildman–Crippen MR) is 80.1 cm³/mol. The van der Waals surface area contributed by atoms with Gasteiger partial charge in [0.25, 0.3) is 0 Å². The second-order valence-corrected chi connectivity index (χ2v) is 5.69. The standard InChI is InChI=1S/C11H11N7OS2/c1-7-14-16-17-18(7)10(8-2-3-20-5-8)15-19-4-9-6-21-11(12)13-9/h2-3,5-6H,4H2,1H3,(H2,12,13)/b15-10+. The summed E-state index contributed by atoms with van der Waals surface area (Å²) >= 11 is 2.92. The summed E-state index contributed by atoms with van der Waals surface area (Å²) in [6.45, 7) is 2.03. The van der Waals surface area contributed by atoms with E-state index in [-0.39, 0.29) is 6.61 Å². The van der Waals surface area contributed by atoms with Crippen molar-refractivity contribution < 1.29 is 4.84 Å². The second-order valence-electron chi connectivity index (χ2n) is 4.02. The van der Waals surface area contributed by atoms with Crippen molar-refractivity contribution >= 4 is 33.6 Å². The Bertz CT molecular complexity index is 746. The van der Waals surface area contributed by atoms with E-state index in [4.69, 9.17) is 10.6 Å². The molecule has 0 bridgehead atoms. The molecule has 0 aliphatic heterocycles. The van der Waals surface area contributed by atoms with Crippen molar-refractivity contribution in [3.63, 3.8) is 0 Å². The molecule has 3 aromatic rings. The highest BCUT2D eigenvalue weighted by Gasteiger charge is 2.13. The van der Waals surface area contributed by atoms with Gasteiger partial charge in [-0.1, -0.05) is 5.16 Å². The zero-order valence-electron chi connectivity index (χ0n) is 11.0. The molecule has 0 radical (unpaired) electrons. The van der Waals surface area contributed by atoms with E-state index >= 15 is 0 Å². The minimum Gasteiger partial charge on any atom is -0.387 e. The highest BCUT2D eigenvalue weighted by atomic mass is 32.1. The number of rotatable bonds is 4. The van der Waals surface area contributed by atoms with Gasteiger partial charge in [0.2, 0.25) is 5.84 Å². The van der Waals surface area contributed by atoms with E-state index in [0.29, 0.717) is 16.8 Å². The number of aryl methyl sites for hydroxylation is 1. The highest BCUT2D eigenvalue weighted by Crippen LogP contribution is 2.13. The normalized spacial score (nSPS) is 11.8. The van der Waals surface area contributed by atoms with Gasteiger partial charge >= 0.3 is 0 Å². The molecule has 0 fully saturated rings. The van der Waals surface area contributed by atoms with Gasteiger partial charge < -0.3 is 10.6 Å². The van der Waals surface area contributed by atoms with Crippen LogP contribution in [0.4, 0.5) is 5.13 Å². The number of hydrogen-bond donors (Lipinski definition) is 1. The summed E-state index contributed by atoms with van der Waals surface area (Å²) in [6.07, 6.45) is 0. The molecule has 108 valence electrons. The summed E-state index contributed by atoms with van der Waals surface area (Å²) in [4.78, 5) is 9.47. The largest absolute Gasteiger partial charge is 0.387 e. The van der Waals surface area contributed by atoms with Crippen LogP contribution < -0.4 is 5.73 Å². The fourth-order valence-electron chi connectivity index (χ4n) is 1.58. The van der Waals surface area contributed by atoms with Crippen molar-refractivity contribution in [3.8, 4) is 0 Å². The van der Waals surface area contributed by atoms with E-state index in [1.54, 1.807) is 18.3 Å². The van der Waals surface area contributed by atoms with Crippen LogP contribution in [0, 0.1) is 6.92 Å². The lowest BCUT2D eigenvalue weighted by Crippen LogP contribution is -2.17. The van der Waals surface area contributed by atoms with Gasteiger partial charge in [-0.2, -0.15) is 16.0 Å². The predicted octanol–water partition coefficient (Wildman–Crippen LogP) is 1.51. The van der Waals surface area contributed by atoms with Crippen LogP contribution in [0.25, 0.3) is 0 Å². The van der Waals surface area contributed by atoms with E-state index in [9.17, 15) is 0 Å². The van der Waals surface area contributed by atoms with Crippen LogP contribution in [0.2, 0.25) is 0 Å². The summed E-state index contributed by atoms with van der Waals surface area (Å²) in [5.41, 5.74) is 7.19. The zero-order chi connectivity index (χ0) is 14.7. The maximum atomic E-state index is 5.57. The number of hydrogen-bond acceptors (Lipinski definition) is 9. The average Bonchev–Trinajstić information content (AvgIpc) is 3.18. The molecule has 0 amide bonds. The Morgan fingerprint density at radius 2 is 2.38 bits per heavy atom. The minimum atomic E-state index is 0.239. The van der Waals surface area contributed by atoms with Gasteiger partial charge in [-0.25, -0.2) is 4.98 Å². The number of thiazole rings is 1. The summed E-state index contributed by atoms with van der Waals surface area (Å²) in [5, 5.41) is 21.8. The number of nitrogens with two attached hydrogens (primary N) is 1. The van der Waals surface area contributed by atoms with Crippen molar-refractivity contribution in [2.24, 2.45) is 5.16 Å². The van der Waals surface area contributed by atoms with E-state index in [0.717, 1.165) is 11.3 Å². The van der Waals surface area contributed by atoms with Crippen LogP contribution in [-0.4, -0.2) is 31.0 Å². The molecular formula is C11H11N7OS2. The Balaban J connectivity index is 1.82. The second kappa shape index (κ2) is 5.97. The average molecular weight is 321 g/mol. The first-order chi connectivity index (χ1) is 10.2. The third-order valence-electron chi connectivity index (χ3n) is 2.54. The molecule has 0 aliphatic carbocycles. The van der Waals surface area contributed by atoms with Gasteiger partial charge in [-0.15, -0.1) is 16.4 Å². The van der Waals surface area contributed by atoms with Crippen LogP contribution in [0.5, 0.6) is 0 Å². The van der Waals surface area contributed by atoms with Crippen molar-refractivity contribution in [1.29, 1.82) is 0 Å². The van der Waals surface area contributed by atoms with Crippen molar-refractivity contribution in [1.82, 2.24) is 25.2 Å². The minimum absolute atomic E-state index is 0.239. The number of anilines is 1. The van der Waals surface area contributed by atoms with Crippen molar-refractivity contribution in [2.75, 3.05) is 5.73 Å². The Labute approximate surface area is 127 Å². The van der Waals surface area contributed by atoms with Gasteiger partial charge in [0, 0.05) is 16.3 Å². The molecule has 0 atom stereocenters. The SMILES string of the molecule is Cc1nnnn1/C(=N/OCc1csc(N)n1)c1ccsc1. The van der Waals surface area contributed by atoms with E-state index in [1.165, 1.54) is 16.0 Å². The highest BCUT2D eigenvalue weighted by molar-refractivity contribution is 7.13. The number of tetrazole rings is 1. The molecule has 0 unspecified atom stereocenters. The molecule has 2 N–H and O–H groups in total. The maximum Gasteiger partial charge on any atom is 0.204 e. The van der Waals surface area contributed by atoms with E-state index in [1.807, 2.05) is 22.2 Å². The van der Waals surface area contributed by atoms with E-state index in [2.05, 4.69) is 25.7 Å². The molecule has 0 saturated carbocycles. The molecule has 3 rings (SSSR count). The Morgan fingerprint density at radius 3 is 3.00 bits per heavy atom. The maximum absolute atomic E-state index is 5.57. The molecule has 0 aliphatic rings. The fraction of sp³-hybridized carbons (Fsp3) is 0.182. The van der Waals surface area contributed by atoms with Crippen molar-refractivity contribution in [2.45, 2.75) is 13.5 Å². The van der Waals surface area contributed by atoms with Crippen LogP contribution in [-0.2, 0) is 11.4 Å². The number of oxime groups is 1. The topological polar surface area (TPSA) is 104 Å². The Hall–Kier alpha value is -2.33. The fourth-order valence-corrected chi connectivity index (χ4v) is 2.76. The van der Waals surface area contributed by atoms with Crippen LogP contribution in [0.3, 0.4) is 0 Å². The monoisotopic (exact) mass is 321 g/mol. The number of aromatic nitrogens is 5. The summed E-state index contributed by atoms with van der Waals surface area (Å²) < 4.78 is 1.53. The van der Waals surface area contributed by atoms with Crippen LogP contribution in [0.15, 0.2) is 27.4 Å². The molecule has 0 spiro atoms. The van der Waals surface area contributed by atoms with Gasteiger partial charge in [0.15, 0.2) is 17.6 Å². The van der Waals surface area contributed by atoms with E-state index < -0.39 is 0 Å². The first-order valence-electron chi connectivity index (χ1n) is 5.92. The van der Waals surface area contributed by atoms with Gasteiger partial charge in [0.05, 0.1) is 5.69 Å². The van der Waals surface area contributed by atoms with Crippen LogP contribution >= 0.6 is 22.7 Å². The molecule has 3 aromatic heterocycles. The summed E-state index contributed by atoms with van der Waals surface area (Å²) in [5.74, 6) is 1.16. The van der Waals surface area contributed by atoms with Crippen LogP contribution in [0.1, 0.15) is 17.1 Å². The first kappa shape index (κ1) is 13.6. The summed E-state index contributed by atoms with van der Waals surface area (Å²) in [7, 11) is 0. The lowest BCUT2D eigenvalue weighted by molar-refractivity contribution is 0.127. The van der Waals surface area contributed by atoms with Gasteiger partial charge in [-0.3, -0.25) is 0 Å². The number of thiophene rings is 1. The quantitative estimate of drug-likeness (QED) is 0.444. The first-order valence-corrected chi connectivity index (χ1v) is 7.74. The third-order valence-corrected chi connectivity index (χ3v) is 3.94. The summed E-state index contributed by atoms with van der Waals surface area (Å²) in [6, 6.07) is 1.93. The zero-order valence-corrected chi connectivity index (χ0v) is 12.6.